The first-order valence-electron chi connectivity index (χ1n) is 11.3. The zero-order chi connectivity index (χ0) is 22.9. The van der Waals surface area contributed by atoms with Crippen molar-refractivity contribution in [3.05, 3.63) is 89.4 Å². The van der Waals surface area contributed by atoms with Gasteiger partial charge in [-0.15, -0.1) is 24.0 Å². The SMILES string of the molecule is CN=C(NCc1ccc(CN2CCCC2)cc1)NCc1cccnc1Oc1cccc(F)c1.I. The zero-order valence-corrected chi connectivity index (χ0v) is 21.7. The Morgan fingerprint density at radius 2 is 1.74 bits per heavy atom. The summed E-state index contributed by atoms with van der Waals surface area (Å²) in [5, 5.41) is 6.63. The van der Waals surface area contributed by atoms with Gasteiger partial charge in [0.2, 0.25) is 5.88 Å². The molecule has 0 aliphatic carbocycles. The molecule has 2 N–H and O–H groups in total. The normalized spacial score (nSPS) is 13.9. The van der Waals surface area contributed by atoms with Gasteiger partial charge >= 0.3 is 0 Å². The number of guanidine groups is 1. The number of hydrogen-bond acceptors (Lipinski definition) is 4. The van der Waals surface area contributed by atoms with Crippen LogP contribution in [-0.2, 0) is 19.6 Å². The van der Waals surface area contributed by atoms with E-state index >= 15 is 0 Å². The summed E-state index contributed by atoms with van der Waals surface area (Å²) in [6, 6.07) is 18.5. The number of aromatic nitrogens is 1. The van der Waals surface area contributed by atoms with E-state index in [1.165, 1.54) is 49.2 Å². The van der Waals surface area contributed by atoms with Crippen molar-refractivity contribution in [3.8, 4) is 11.6 Å². The molecule has 1 aromatic heterocycles. The molecule has 0 spiro atoms. The molecule has 1 aliphatic rings. The van der Waals surface area contributed by atoms with Crippen LogP contribution in [0.2, 0.25) is 0 Å². The third kappa shape index (κ3) is 7.66. The van der Waals surface area contributed by atoms with E-state index in [0.29, 0.717) is 30.7 Å². The fourth-order valence-corrected chi connectivity index (χ4v) is 3.84. The lowest BCUT2D eigenvalue weighted by molar-refractivity contribution is 0.331. The van der Waals surface area contributed by atoms with Crippen LogP contribution < -0.4 is 15.4 Å². The standard InChI is InChI=1S/C26H30FN5O.HI/c1-28-26(30-17-20-9-11-21(12-10-20)19-32-14-2-3-15-32)31-18-22-6-5-13-29-25(22)33-24-8-4-7-23(27)16-24;/h4-13,16H,2-3,14-15,17-19H2,1H3,(H2,28,30,31);1H. The molecule has 0 radical (unpaired) electrons. The van der Waals surface area contributed by atoms with Crippen molar-refractivity contribution in [2.75, 3.05) is 20.1 Å². The van der Waals surface area contributed by atoms with Gasteiger partial charge in [0, 0.05) is 44.5 Å². The average molecular weight is 575 g/mol. The van der Waals surface area contributed by atoms with E-state index in [9.17, 15) is 4.39 Å². The lowest BCUT2D eigenvalue weighted by atomic mass is 10.1. The van der Waals surface area contributed by atoms with Crippen molar-refractivity contribution in [3.63, 3.8) is 0 Å². The highest BCUT2D eigenvalue weighted by molar-refractivity contribution is 14.0. The minimum absolute atomic E-state index is 0. The Kier molecular flexibility index (Phi) is 10.1. The van der Waals surface area contributed by atoms with E-state index in [4.69, 9.17) is 4.74 Å². The molecule has 6 nitrogen and oxygen atoms in total. The second-order valence-electron chi connectivity index (χ2n) is 8.11. The number of nitrogens with one attached hydrogen (secondary N) is 2. The number of rotatable bonds is 8. The van der Waals surface area contributed by atoms with Crippen molar-refractivity contribution in [2.45, 2.75) is 32.5 Å². The number of ether oxygens (including phenoxy) is 1. The van der Waals surface area contributed by atoms with Crippen molar-refractivity contribution in [2.24, 2.45) is 4.99 Å². The summed E-state index contributed by atoms with van der Waals surface area (Å²) in [4.78, 5) is 11.1. The molecule has 0 saturated carbocycles. The molecule has 4 rings (SSSR count). The van der Waals surface area contributed by atoms with E-state index in [2.05, 4.69) is 49.8 Å². The number of benzene rings is 2. The summed E-state index contributed by atoms with van der Waals surface area (Å²) in [6.07, 6.45) is 4.27. The molecule has 180 valence electrons. The van der Waals surface area contributed by atoms with Gasteiger partial charge in [0.05, 0.1) is 0 Å². The summed E-state index contributed by atoms with van der Waals surface area (Å²) in [6.45, 7) is 4.58. The molecule has 2 heterocycles. The lowest BCUT2D eigenvalue weighted by Gasteiger charge is -2.16. The van der Waals surface area contributed by atoms with Crippen LogP contribution in [0.5, 0.6) is 11.6 Å². The van der Waals surface area contributed by atoms with Gasteiger partial charge in [-0.3, -0.25) is 9.89 Å². The number of likely N-dealkylation sites (tertiary alicyclic amines) is 1. The van der Waals surface area contributed by atoms with Gasteiger partial charge in [-0.05, 0) is 55.3 Å². The summed E-state index contributed by atoms with van der Waals surface area (Å²) in [7, 11) is 1.74. The predicted octanol–water partition coefficient (Wildman–Crippen LogP) is 5.09. The van der Waals surface area contributed by atoms with Crippen LogP contribution in [0.3, 0.4) is 0 Å². The molecule has 1 fully saturated rings. The number of nitrogens with zero attached hydrogens (tertiary/aromatic N) is 3. The number of pyridine rings is 1. The van der Waals surface area contributed by atoms with Crippen molar-refractivity contribution < 1.29 is 9.13 Å². The Labute approximate surface area is 217 Å². The third-order valence-electron chi connectivity index (χ3n) is 5.62. The third-order valence-corrected chi connectivity index (χ3v) is 5.62. The minimum Gasteiger partial charge on any atom is -0.439 e. The highest BCUT2D eigenvalue weighted by Gasteiger charge is 2.12. The quantitative estimate of drug-likeness (QED) is 0.223. The minimum atomic E-state index is -0.350. The van der Waals surface area contributed by atoms with Crippen molar-refractivity contribution >= 4 is 29.9 Å². The largest absolute Gasteiger partial charge is 0.439 e. The van der Waals surface area contributed by atoms with E-state index < -0.39 is 0 Å². The molecular weight excluding hydrogens is 544 g/mol. The van der Waals surface area contributed by atoms with E-state index in [0.717, 1.165) is 12.1 Å². The maximum atomic E-state index is 13.5. The van der Waals surface area contributed by atoms with E-state index in [1.807, 2.05) is 12.1 Å². The topological polar surface area (TPSA) is 61.8 Å². The van der Waals surface area contributed by atoms with Crippen LogP contribution in [0.15, 0.2) is 71.9 Å². The van der Waals surface area contributed by atoms with Crippen LogP contribution in [0.1, 0.15) is 29.5 Å². The van der Waals surface area contributed by atoms with Crippen molar-refractivity contribution in [1.82, 2.24) is 20.5 Å². The van der Waals surface area contributed by atoms with Gasteiger partial charge in [0.1, 0.15) is 11.6 Å². The molecule has 2 aromatic carbocycles. The van der Waals surface area contributed by atoms with Crippen LogP contribution in [0, 0.1) is 5.82 Å². The summed E-state index contributed by atoms with van der Waals surface area (Å²) < 4.78 is 19.3. The highest BCUT2D eigenvalue weighted by Crippen LogP contribution is 2.23. The smallest absolute Gasteiger partial charge is 0.224 e. The lowest BCUT2D eigenvalue weighted by Crippen LogP contribution is -2.36. The number of hydrogen-bond donors (Lipinski definition) is 2. The first-order valence-corrected chi connectivity index (χ1v) is 11.3. The van der Waals surface area contributed by atoms with Crippen LogP contribution in [-0.4, -0.2) is 36.0 Å². The average Bonchev–Trinajstić information content (AvgIpc) is 3.34. The van der Waals surface area contributed by atoms with Crippen LogP contribution >= 0.6 is 24.0 Å². The molecule has 0 unspecified atom stereocenters. The molecule has 8 heteroatoms. The first kappa shape index (κ1) is 25.9. The monoisotopic (exact) mass is 575 g/mol. The summed E-state index contributed by atoms with van der Waals surface area (Å²) in [5.41, 5.74) is 3.39. The van der Waals surface area contributed by atoms with Crippen LogP contribution in [0.4, 0.5) is 4.39 Å². The van der Waals surface area contributed by atoms with Gasteiger partial charge in [0.25, 0.3) is 0 Å². The zero-order valence-electron chi connectivity index (χ0n) is 19.3. The second-order valence-corrected chi connectivity index (χ2v) is 8.11. The maximum Gasteiger partial charge on any atom is 0.224 e. The highest BCUT2D eigenvalue weighted by atomic mass is 127. The molecule has 0 bridgehead atoms. The molecule has 3 aromatic rings. The Morgan fingerprint density at radius 1 is 1.00 bits per heavy atom. The fourth-order valence-electron chi connectivity index (χ4n) is 3.84. The molecule has 0 amide bonds. The number of aliphatic imine (C=N–C) groups is 1. The Bertz CT molecular complexity index is 1070. The van der Waals surface area contributed by atoms with E-state index in [1.54, 1.807) is 25.4 Å². The molecule has 0 atom stereocenters. The maximum absolute atomic E-state index is 13.5. The summed E-state index contributed by atoms with van der Waals surface area (Å²) in [5.74, 6) is 1.17. The van der Waals surface area contributed by atoms with Gasteiger partial charge in [0.15, 0.2) is 5.96 Å². The Hall–Kier alpha value is -2.72. The number of halogens is 2. The Morgan fingerprint density at radius 3 is 2.47 bits per heavy atom. The second kappa shape index (κ2) is 13.2. The molecule has 1 saturated heterocycles. The Balaban J connectivity index is 0.00000324. The van der Waals surface area contributed by atoms with Gasteiger partial charge in [-0.1, -0.05) is 36.4 Å². The van der Waals surface area contributed by atoms with Crippen molar-refractivity contribution in [1.29, 1.82) is 0 Å². The first-order chi connectivity index (χ1) is 16.2. The summed E-state index contributed by atoms with van der Waals surface area (Å²) >= 11 is 0. The predicted molar refractivity (Wildman–Crippen MR) is 144 cm³/mol. The van der Waals surface area contributed by atoms with Gasteiger partial charge in [-0.2, -0.15) is 0 Å². The van der Waals surface area contributed by atoms with E-state index in [-0.39, 0.29) is 29.8 Å². The molecule has 1 aliphatic heterocycles. The van der Waals surface area contributed by atoms with Crippen LogP contribution in [0.25, 0.3) is 0 Å². The molecule has 34 heavy (non-hydrogen) atoms. The fraction of sp³-hybridized carbons (Fsp3) is 0.308. The van der Waals surface area contributed by atoms with Gasteiger partial charge in [-0.25, -0.2) is 9.37 Å². The van der Waals surface area contributed by atoms with Gasteiger partial charge < -0.3 is 15.4 Å². The molecular formula is C26H31FIN5O.